The van der Waals surface area contributed by atoms with Crippen LogP contribution in [0.3, 0.4) is 0 Å². The molecular formula is C12H21NO3. The molecule has 1 amide bonds. The Morgan fingerprint density at radius 3 is 2.50 bits per heavy atom. The summed E-state index contributed by atoms with van der Waals surface area (Å²) in [5.74, 6) is 0.373. The molecule has 16 heavy (non-hydrogen) atoms. The summed E-state index contributed by atoms with van der Waals surface area (Å²) in [5, 5.41) is 0. The van der Waals surface area contributed by atoms with Gasteiger partial charge in [-0.15, -0.1) is 0 Å². The molecule has 0 unspecified atom stereocenters. The van der Waals surface area contributed by atoms with Crippen molar-refractivity contribution in [2.24, 2.45) is 11.8 Å². The maximum absolute atomic E-state index is 11.7. The largest absolute Gasteiger partial charge is 0.467 e. The average molecular weight is 227 g/mol. The van der Waals surface area contributed by atoms with Crippen molar-refractivity contribution in [2.45, 2.75) is 39.7 Å². The first-order chi connectivity index (χ1) is 7.52. The second kappa shape index (κ2) is 5.32. The predicted molar refractivity (Wildman–Crippen MR) is 60.8 cm³/mol. The van der Waals surface area contributed by atoms with E-state index < -0.39 is 0 Å². The summed E-state index contributed by atoms with van der Waals surface area (Å²) < 4.78 is 4.81. The monoisotopic (exact) mass is 227 g/mol. The molecule has 0 radical (unpaired) electrons. The summed E-state index contributed by atoms with van der Waals surface area (Å²) >= 11 is 0. The lowest BCUT2D eigenvalue weighted by Gasteiger charge is -2.27. The Kier molecular flexibility index (Phi) is 4.33. The second-order valence-corrected chi connectivity index (χ2v) is 4.61. The van der Waals surface area contributed by atoms with Crippen molar-refractivity contribution in [2.75, 3.05) is 13.7 Å². The Bertz CT molecular complexity index is 275. The number of methoxy groups -OCH3 is 1. The fraction of sp³-hybridized carbons (Fsp3) is 0.833. The maximum atomic E-state index is 11.7. The minimum absolute atomic E-state index is 0.0403. The number of nitrogens with zero attached hydrogens (tertiary/aromatic N) is 1. The third-order valence-electron chi connectivity index (χ3n) is 3.37. The number of ether oxygens (including phenoxy) is 1. The lowest BCUT2D eigenvalue weighted by atomic mass is 9.88. The van der Waals surface area contributed by atoms with E-state index in [0.29, 0.717) is 18.9 Å². The number of carbonyl (C=O) groups excluding carboxylic acids is 2. The molecule has 0 aliphatic carbocycles. The zero-order valence-corrected chi connectivity index (χ0v) is 10.5. The third-order valence-corrected chi connectivity index (χ3v) is 3.37. The van der Waals surface area contributed by atoms with Gasteiger partial charge in [0.1, 0.15) is 6.04 Å². The zero-order chi connectivity index (χ0) is 12.3. The number of hydrogen-bond donors (Lipinski definition) is 0. The van der Waals surface area contributed by atoms with Crippen LogP contribution >= 0.6 is 0 Å². The molecule has 0 spiro atoms. The summed E-state index contributed by atoms with van der Waals surface area (Å²) in [6, 6.07) is -0.377. The highest BCUT2D eigenvalue weighted by atomic mass is 16.5. The maximum Gasteiger partial charge on any atom is 0.328 e. The molecule has 1 fully saturated rings. The summed E-state index contributed by atoms with van der Waals surface area (Å²) in [6.45, 7) is 6.66. The number of carbonyl (C=O) groups is 2. The Labute approximate surface area is 96.9 Å². The van der Waals surface area contributed by atoms with Gasteiger partial charge in [0.25, 0.3) is 0 Å². The van der Waals surface area contributed by atoms with E-state index in [4.69, 9.17) is 4.74 Å². The topological polar surface area (TPSA) is 46.6 Å². The van der Waals surface area contributed by atoms with E-state index in [2.05, 4.69) is 13.8 Å². The molecule has 1 aliphatic rings. The van der Waals surface area contributed by atoms with Crippen LogP contribution in [0.25, 0.3) is 0 Å². The van der Waals surface area contributed by atoms with Crippen LogP contribution in [0.1, 0.15) is 33.6 Å². The van der Waals surface area contributed by atoms with Crippen LogP contribution in [0.15, 0.2) is 0 Å². The van der Waals surface area contributed by atoms with Gasteiger partial charge in [-0.1, -0.05) is 20.8 Å². The van der Waals surface area contributed by atoms with Gasteiger partial charge in [-0.3, -0.25) is 4.79 Å². The van der Waals surface area contributed by atoms with Gasteiger partial charge in [0.2, 0.25) is 5.91 Å². The van der Waals surface area contributed by atoms with Crippen molar-refractivity contribution >= 4 is 11.9 Å². The molecule has 2 atom stereocenters. The van der Waals surface area contributed by atoms with Gasteiger partial charge in [0, 0.05) is 13.0 Å². The highest BCUT2D eigenvalue weighted by molar-refractivity contribution is 5.85. The smallest absolute Gasteiger partial charge is 0.328 e. The zero-order valence-electron chi connectivity index (χ0n) is 10.5. The number of hydrogen-bond acceptors (Lipinski definition) is 3. The van der Waals surface area contributed by atoms with Crippen molar-refractivity contribution in [3.05, 3.63) is 0 Å². The Morgan fingerprint density at radius 1 is 1.44 bits per heavy atom. The molecule has 1 rings (SSSR count). The van der Waals surface area contributed by atoms with E-state index in [-0.39, 0.29) is 23.8 Å². The van der Waals surface area contributed by atoms with Crippen LogP contribution < -0.4 is 0 Å². The van der Waals surface area contributed by atoms with Crippen molar-refractivity contribution in [3.63, 3.8) is 0 Å². The Balaban J connectivity index is 2.88. The first kappa shape index (κ1) is 13.0. The number of likely N-dealkylation sites (tertiary alicyclic amines) is 1. The predicted octanol–water partition coefficient (Wildman–Crippen LogP) is 1.44. The fourth-order valence-electron chi connectivity index (χ4n) is 2.42. The van der Waals surface area contributed by atoms with Crippen LogP contribution in [-0.4, -0.2) is 36.5 Å². The minimum atomic E-state index is -0.377. The molecular weight excluding hydrogens is 206 g/mol. The van der Waals surface area contributed by atoms with Gasteiger partial charge in [-0.25, -0.2) is 4.79 Å². The van der Waals surface area contributed by atoms with Crippen molar-refractivity contribution in [3.8, 4) is 0 Å². The quantitative estimate of drug-likeness (QED) is 0.685. The first-order valence-corrected chi connectivity index (χ1v) is 5.90. The van der Waals surface area contributed by atoms with E-state index in [1.54, 1.807) is 4.90 Å². The van der Waals surface area contributed by atoms with Gasteiger partial charge in [-0.2, -0.15) is 0 Å². The highest BCUT2D eigenvalue weighted by Gasteiger charge is 2.43. The Morgan fingerprint density at radius 2 is 2.06 bits per heavy atom. The summed E-state index contributed by atoms with van der Waals surface area (Å²) in [4.78, 5) is 25.2. The van der Waals surface area contributed by atoms with Crippen LogP contribution in [0.5, 0.6) is 0 Å². The molecule has 4 heteroatoms. The normalized spacial score (nSPS) is 24.9. The molecule has 1 heterocycles. The molecule has 0 N–H and O–H groups in total. The lowest BCUT2D eigenvalue weighted by molar-refractivity contribution is -0.152. The summed E-state index contributed by atoms with van der Waals surface area (Å²) in [5.41, 5.74) is 0. The van der Waals surface area contributed by atoms with Crippen LogP contribution in [0.2, 0.25) is 0 Å². The van der Waals surface area contributed by atoms with Crippen LogP contribution in [0, 0.1) is 11.8 Å². The third kappa shape index (κ3) is 2.36. The fourth-order valence-corrected chi connectivity index (χ4v) is 2.42. The molecule has 4 nitrogen and oxygen atoms in total. The van der Waals surface area contributed by atoms with Crippen molar-refractivity contribution < 1.29 is 14.3 Å². The molecule has 92 valence electrons. The summed E-state index contributed by atoms with van der Waals surface area (Å²) in [7, 11) is 1.38. The van der Waals surface area contributed by atoms with Crippen LogP contribution in [-0.2, 0) is 14.3 Å². The van der Waals surface area contributed by atoms with Crippen molar-refractivity contribution in [1.82, 2.24) is 4.90 Å². The molecule has 0 bridgehead atoms. The molecule has 0 aromatic rings. The number of amides is 1. The van der Waals surface area contributed by atoms with Gasteiger partial charge in [0.05, 0.1) is 7.11 Å². The highest BCUT2D eigenvalue weighted by Crippen LogP contribution is 2.31. The number of esters is 1. The van der Waals surface area contributed by atoms with Crippen molar-refractivity contribution in [1.29, 1.82) is 0 Å². The lowest BCUT2D eigenvalue weighted by Crippen LogP contribution is -2.44. The van der Waals surface area contributed by atoms with Crippen LogP contribution in [0.4, 0.5) is 0 Å². The van der Waals surface area contributed by atoms with Gasteiger partial charge >= 0.3 is 5.97 Å². The van der Waals surface area contributed by atoms with E-state index in [1.165, 1.54) is 7.11 Å². The second-order valence-electron chi connectivity index (χ2n) is 4.61. The number of rotatable bonds is 3. The van der Waals surface area contributed by atoms with Gasteiger partial charge < -0.3 is 9.64 Å². The SMILES string of the molecule is CCC(=O)N1CC[C@H](C(C)C)[C@H]1C(=O)OC. The van der Waals surface area contributed by atoms with E-state index >= 15 is 0 Å². The standard InChI is InChI=1S/C12H21NO3/c1-5-10(14)13-7-6-9(8(2)3)11(13)12(15)16-4/h8-9,11H,5-7H2,1-4H3/t9-,11+/m1/s1. The minimum Gasteiger partial charge on any atom is -0.467 e. The molecule has 0 aromatic heterocycles. The summed E-state index contributed by atoms with van der Waals surface area (Å²) in [6.07, 6.45) is 1.33. The average Bonchev–Trinajstić information content (AvgIpc) is 2.71. The molecule has 0 saturated carbocycles. The molecule has 1 aliphatic heterocycles. The van der Waals surface area contributed by atoms with Gasteiger partial charge in [0.15, 0.2) is 0 Å². The molecule has 1 saturated heterocycles. The van der Waals surface area contributed by atoms with E-state index in [9.17, 15) is 9.59 Å². The Hall–Kier alpha value is -1.06. The van der Waals surface area contributed by atoms with Gasteiger partial charge in [-0.05, 0) is 18.3 Å². The first-order valence-electron chi connectivity index (χ1n) is 5.90. The van der Waals surface area contributed by atoms with E-state index in [0.717, 1.165) is 6.42 Å². The van der Waals surface area contributed by atoms with E-state index in [1.807, 2.05) is 6.92 Å². The molecule has 0 aromatic carbocycles.